The van der Waals surface area contributed by atoms with Crippen molar-refractivity contribution in [3.63, 3.8) is 0 Å². The van der Waals surface area contributed by atoms with E-state index in [2.05, 4.69) is 10.3 Å². The molecule has 0 aliphatic rings. The van der Waals surface area contributed by atoms with Gasteiger partial charge < -0.3 is 15.2 Å². The van der Waals surface area contributed by atoms with Crippen LogP contribution in [0, 0.1) is 0 Å². The second-order valence-electron chi connectivity index (χ2n) is 4.59. The van der Waals surface area contributed by atoms with Gasteiger partial charge in [0, 0.05) is 5.38 Å². The number of benzene rings is 1. The van der Waals surface area contributed by atoms with Gasteiger partial charge in [-0.1, -0.05) is 30.7 Å². The SMILES string of the molecule is CCC(Oc1ccccc1Cl)C(=O)NCc1nc(C(=O)O)cs1. The largest absolute Gasteiger partial charge is 0.479 e. The van der Waals surface area contributed by atoms with Crippen molar-refractivity contribution in [2.24, 2.45) is 0 Å². The first-order chi connectivity index (χ1) is 11.0. The summed E-state index contributed by atoms with van der Waals surface area (Å²) in [6.07, 6.45) is -0.219. The Labute approximate surface area is 142 Å². The Hall–Kier alpha value is -2.12. The smallest absolute Gasteiger partial charge is 0.355 e. The van der Waals surface area contributed by atoms with E-state index >= 15 is 0 Å². The van der Waals surface area contributed by atoms with E-state index < -0.39 is 12.1 Å². The van der Waals surface area contributed by atoms with Crippen LogP contribution in [0.2, 0.25) is 5.02 Å². The van der Waals surface area contributed by atoms with Crippen molar-refractivity contribution in [2.45, 2.75) is 26.0 Å². The number of ether oxygens (including phenoxy) is 1. The van der Waals surface area contributed by atoms with Crippen LogP contribution in [0.25, 0.3) is 0 Å². The molecule has 2 N–H and O–H groups in total. The van der Waals surface area contributed by atoms with Crippen molar-refractivity contribution in [3.8, 4) is 5.75 Å². The van der Waals surface area contributed by atoms with E-state index in [0.717, 1.165) is 0 Å². The number of carboxylic acid groups (broad SMARTS) is 1. The fraction of sp³-hybridized carbons (Fsp3) is 0.267. The third-order valence-electron chi connectivity index (χ3n) is 2.95. The summed E-state index contributed by atoms with van der Waals surface area (Å²) in [7, 11) is 0. The second kappa shape index (κ2) is 7.94. The molecular formula is C15H15ClN2O4S. The number of nitrogens with one attached hydrogen (secondary N) is 1. The van der Waals surface area contributed by atoms with Crippen LogP contribution in [0.15, 0.2) is 29.6 Å². The van der Waals surface area contributed by atoms with E-state index in [1.54, 1.807) is 24.3 Å². The number of carbonyl (C=O) groups is 2. The molecule has 0 saturated heterocycles. The van der Waals surface area contributed by atoms with E-state index in [1.807, 2.05) is 6.92 Å². The highest BCUT2D eigenvalue weighted by Gasteiger charge is 2.19. The highest BCUT2D eigenvalue weighted by Crippen LogP contribution is 2.24. The van der Waals surface area contributed by atoms with Gasteiger partial charge in [-0.05, 0) is 18.6 Å². The van der Waals surface area contributed by atoms with Crippen LogP contribution in [0.3, 0.4) is 0 Å². The fourth-order valence-electron chi connectivity index (χ4n) is 1.78. The molecule has 0 spiro atoms. The first-order valence-electron chi connectivity index (χ1n) is 6.87. The molecule has 6 nitrogen and oxygen atoms in total. The first-order valence-corrected chi connectivity index (χ1v) is 8.13. The topological polar surface area (TPSA) is 88.5 Å². The maximum atomic E-state index is 12.2. The molecule has 122 valence electrons. The van der Waals surface area contributed by atoms with Crippen LogP contribution >= 0.6 is 22.9 Å². The molecule has 0 aliphatic heterocycles. The molecule has 8 heteroatoms. The normalized spacial score (nSPS) is 11.7. The number of hydrogen-bond donors (Lipinski definition) is 2. The van der Waals surface area contributed by atoms with Crippen LogP contribution in [0.4, 0.5) is 0 Å². The summed E-state index contributed by atoms with van der Waals surface area (Å²) in [4.78, 5) is 26.9. The van der Waals surface area contributed by atoms with Gasteiger partial charge in [0.05, 0.1) is 11.6 Å². The second-order valence-corrected chi connectivity index (χ2v) is 5.94. The van der Waals surface area contributed by atoms with Crippen LogP contribution in [0.5, 0.6) is 5.75 Å². The Morgan fingerprint density at radius 2 is 2.17 bits per heavy atom. The lowest BCUT2D eigenvalue weighted by Gasteiger charge is -2.17. The molecular weight excluding hydrogens is 340 g/mol. The van der Waals surface area contributed by atoms with E-state index in [0.29, 0.717) is 22.2 Å². The summed E-state index contributed by atoms with van der Waals surface area (Å²) in [5.41, 5.74) is -0.0291. The van der Waals surface area contributed by atoms with E-state index in [1.165, 1.54) is 16.7 Å². The number of carboxylic acids is 1. The van der Waals surface area contributed by atoms with Gasteiger partial charge in [0.15, 0.2) is 11.8 Å². The molecule has 0 saturated carbocycles. The number of thiazole rings is 1. The van der Waals surface area contributed by atoms with E-state index in [4.69, 9.17) is 21.4 Å². The standard InChI is InChI=1S/C15H15ClN2O4S/c1-2-11(22-12-6-4-3-5-9(12)16)14(19)17-7-13-18-10(8-23-13)15(20)21/h3-6,8,11H,2,7H2,1H3,(H,17,19)(H,20,21). The zero-order valence-corrected chi connectivity index (χ0v) is 13.9. The van der Waals surface area contributed by atoms with Gasteiger partial charge in [0.25, 0.3) is 5.91 Å². The molecule has 0 bridgehead atoms. The minimum absolute atomic E-state index is 0.0291. The number of nitrogens with zero attached hydrogens (tertiary/aromatic N) is 1. The average Bonchev–Trinajstić information content (AvgIpc) is 3.01. The Balaban J connectivity index is 1.94. The Morgan fingerprint density at radius 3 is 2.78 bits per heavy atom. The summed E-state index contributed by atoms with van der Waals surface area (Å²) >= 11 is 7.19. The lowest BCUT2D eigenvalue weighted by Crippen LogP contribution is -2.37. The Bertz CT molecular complexity index is 704. The minimum Gasteiger partial charge on any atom is -0.479 e. The summed E-state index contributed by atoms with van der Waals surface area (Å²) in [5.74, 6) is -0.953. The summed E-state index contributed by atoms with van der Waals surface area (Å²) < 4.78 is 5.63. The average molecular weight is 355 g/mol. The van der Waals surface area contributed by atoms with Gasteiger partial charge in [0.2, 0.25) is 0 Å². The molecule has 1 unspecified atom stereocenters. The zero-order chi connectivity index (χ0) is 16.8. The first kappa shape index (κ1) is 17.2. The predicted octanol–water partition coefficient (Wildman–Crippen LogP) is 2.97. The molecule has 1 amide bonds. The quantitative estimate of drug-likeness (QED) is 0.798. The van der Waals surface area contributed by atoms with Gasteiger partial charge >= 0.3 is 5.97 Å². The number of halogens is 1. The van der Waals surface area contributed by atoms with Crippen molar-refractivity contribution in [3.05, 3.63) is 45.4 Å². The molecule has 1 aromatic heterocycles. The molecule has 2 rings (SSSR count). The van der Waals surface area contributed by atoms with Crippen LogP contribution in [-0.2, 0) is 11.3 Å². The van der Waals surface area contributed by atoms with Gasteiger partial charge in [-0.3, -0.25) is 4.79 Å². The van der Waals surface area contributed by atoms with Gasteiger partial charge in [0.1, 0.15) is 10.8 Å². The summed E-state index contributed by atoms with van der Waals surface area (Å²) in [6.45, 7) is 1.98. The third-order valence-corrected chi connectivity index (χ3v) is 4.11. The van der Waals surface area contributed by atoms with Crippen molar-refractivity contribution in [1.82, 2.24) is 10.3 Å². The van der Waals surface area contributed by atoms with E-state index in [9.17, 15) is 9.59 Å². The molecule has 23 heavy (non-hydrogen) atoms. The zero-order valence-electron chi connectivity index (χ0n) is 12.3. The lowest BCUT2D eigenvalue weighted by molar-refractivity contribution is -0.128. The number of rotatable bonds is 7. The number of hydrogen-bond acceptors (Lipinski definition) is 5. The summed E-state index contributed by atoms with van der Waals surface area (Å²) in [6, 6.07) is 6.93. The predicted molar refractivity (Wildman–Crippen MR) is 87.1 cm³/mol. The Kier molecular flexibility index (Phi) is 5.95. The maximum absolute atomic E-state index is 12.2. The molecule has 1 heterocycles. The molecule has 0 aliphatic carbocycles. The Morgan fingerprint density at radius 1 is 1.43 bits per heavy atom. The molecule has 1 aromatic carbocycles. The minimum atomic E-state index is -1.09. The number of aromatic nitrogens is 1. The molecule has 1 atom stereocenters. The highest BCUT2D eigenvalue weighted by atomic mass is 35.5. The monoisotopic (exact) mass is 354 g/mol. The summed E-state index contributed by atoms with van der Waals surface area (Å²) in [5, 5.41) is 13.9. The van der Waals surface area contributed by atoms with Gasteiger partial charge in [-0.15, -0.1) is 11.3 Å². The van der Waals surface area contributed by atoms with Crippen molar-refractivity contribution in [2.75, 3.05) is 0 Å². The number of amides is 1. The van der Waals surface area contributed by atoms with Crippen LogP contribution in [-0.4, -0.2) is 28.1 Å². The molecule has 2 aromatic rings. The number of aromatic carboxylic acids is 1. The number of carbonyl (C=O) groups excluding carboxylic acids is 1. The van der Waals surface area contributed by atoms with E-state index in [-0.39, 0.29) is 18.1 Å². The van der Waals surface area contributed by atoms with Crippen molar-refractivity contribution < 1.29 is 19.4 Å². The third kappa shape index (κ3) is 4.67. The molecule has 0 radical (unpaired) electrons. The fourth-order valence-corrected chi connectivity index (χ4v) is 2.67. The van der Waals surface area contributed by atoms with Crippen molar-refractivity contribution in [1.29, 1.82) is 0 Å². The van der Waals surface area contributed by atoms with Gasteiger partial charge in [-0.25, -0.2) is 9.78 Å². The van der Waals surface area contributed by atoms with Crippen molar-refractivity contribution >= 4 is 34.8 Å². The molecule has 0 fully saturated rings. The van der Waals surface area contributed by atoms with Gasteiger partial charge in [-0.2, -0.15) is 0 Å². The lowest BCUT2D eigenvalue weighted by atomic mass is 10.2. The van der Waals surface area contributed by atoms with Crippen LogP contribution < -0.4 is 10.1 Å². The number of para-hydroxylation sites is 1. The maximum Gasteiger partial charge on any atom is 0.355 e. The highest BCUT2D eigenvalue weighted by molar-refractivity contribution is 7.09. The van der Waals surface area contributed by atoms with Crippen LogP contribution in [0.1, 0.15) is 28.8 Å².